The van der Waals surface area contributed by atoms with Gasteiger partial charge in [0.05, 0.1) is 5.69 Å². The molecule has 0 spiro atoms. The number of halogens is 2. The fraction of sp³-hybridized carbons (Fsp3) is 0.0800. The monoisotopic (exact) mass is 463 g/mol. The van der Waals surface area contributed by atoms with Gasteiger partial charge in [-0.1, -0.05) is 29.8 Å². The SMILES string of the molecule is CCN(C(=O)c1ccc(NC2=C(Cl)C(=O)N(c3ccc(F)cc3)C2=O)cc1)c1ccccc1. The number of anilines is 3. The molecule has 3 aromatic rings. The van der Waals surface area contributed by atoms with Crippen molar-refractivity contribution in [3.05, 3.63) is 101 Å². The first-order valence-electron chi connectivity index (χ1n) is 10.2. The molecule has 33 heavy (non-hydrogen) atoms. The Balaban J connectivity index is 1.52. The molecule has 3 amide bonds. The van der Waals surface area contributed by atoms with Gasteiger partial charge in [0, 0.05) is 23.5 Å². The first-order chi connectivity index (χ1) is 15.9. The molecule has 0 saturated heterocycles. The van der Waals surface area contributed by atoms with Crippen molar-refractivity contribution in [1.82, 2.24) is 0 Å². The zero-order valence-corrected chi connectivity index (χ0v) is 18.3. The number of imide groups is 1. The summed E-state index contributed by atoms with van der Waals surface area (Å²) in [7, 11) is 0. The third kappa shape index (κ3) is 4.36. The van der Waals surface area contributed by atoms with Crippen LogP contribution in [0.25, 0.3) is 0 Å². The number of carbonyl (C=O) groups is 3. The average molecular weight is 464 g/mol. The summed E-state index contributed by atoms with van der Waals surface area (Å²) in [5.74, 6) is -2.01. The van der Waals surface area contributed by atoms with Crippen molar-refractivity contribution in [1.29, 1.82) is 0 Å². The van der Waals surface area contributed by atoms with Gasteiger partial charge in [0.15, 0.2) is 0 Å². The van der Waals surface area contributed by atoms with Crippen LogP contribution in [0.1, 0.15) is 17.3 Å². The van der Waals surface area contributed by atoms with E-state index in [0.717, 1.165) is 22.7 Å². The molecule has 0 radical (unpaired) electrons. The normalized spacial score (nSPS) is 13.5. The predicted molar refractivity (Wildman–Crippen MR) is 126 cm³/mol. The van der Waals surface area contributed by atoms with E-state index in [-0.39, 0.29) is 22.3 Å². The van der Waals surface area contributed by atoms with Gasteiger partial charge in [0.25, 0.3) is 17.7 Å². The van der Waals surface area contributed by atoms with Crippen LogP contribution in [0.5, 0.6) is 0 Å². The van der Waals surface area contributed by atoms with E-state index in [4.69, 9.17) is 11.6 Å². The number of hydrogen-bond donors (Lipinski definition) is 1. The van der Waals surface area contributed by atoms with Crippen molar-refractivity contribution in [2.75, 3.05) is 21.7 Å². The van der Waals surface area contributed by atoms with E-state index in [1.165, 1.54) is 12.1 Å². The standard InChI is InChI=1S/C25H19ClFN3O3/c1-2-29(19-6-4-3-5-7-19)23(31)16-8-12-18(13-9-16)28-22-21(26)24(32)30(25(22)33)20-14-10-17(27)11-15-20/h3-15,28H,2H2,1H3. The molecule has 1 aliphatic rings. The lowest BCUT2D eigenvalue weighted by Gasteiger charge is -2.21. The van der Waals surface area contributed by atoms with Crippen LogP contribution < -0.4 is 15.1 Å². The van der Waals surface area contributed by atoms with Gasteiger partial charge in [-0.05, 0) is 67.6 Å². The van der Waals surface area contributed by atoms with Gasteiger partial charge in [0.2, 0.25) is 0 Å². The minimum Gasteiger partial charge on any atom is -0.350 e. The van der Waals surface area contributed by atoms with Crippen LogP contribution in [-0.2, 0) is 9.59 Å². The molecule has 1 heterocycles. The molecule has 8 heteroatoms. The van der Waals surface area contributed by atoms with Crippen LogP contribution in [-0.4, -0.2) is 24.3 Å². The minimum absolute atomic E-state index is 0.0930. The maximum absolute atomic E-state index is 13.2. The molecule has 0 aliphatic carbocycles. The van der Waals surface area contributed by atoms with Gasteiger partial charge in [0.1, 0.15) is 16.5 Å². The van der Waals surface area contributed by atoms with Crippen molar-refractivity contribution in [2.24, 2.45) is 0 Å². The van der Waals surface area contributed by atoms with Crippen LogP contribution in [0.2, 0.25) is 0 Å². The van der Waals surface area contributed by atoms with Gasteiger partial charge in [-0.15, -0.1) is 0 Å². The maximum Gasteiger partial charge on any atom is 0.283 e. The Morgan fingerprint density at radius 2 is 1.58 bits per heavy atom. The molecule has 4 rings (SSSR count). The number of nitrogens with one attached hydrogen (secondary N) is 1. The van der Waals surface area contributed by atoms with E-state index in [1.807, 2.05) is 37.3 Å². The van der Waals surface area contributed by atoms with Crippen molar-refractivity contribution >= 4 is 46.4 Å². The molecule has 6 nitrogen and oxygen atoms in total. The summed E-state index contributed by atoms with van der Waals surface area (Å²) >= 11 is 6.13. The number of para-hydroxylation sites is 1. The molecule has 0 unspecified atom stereocenters. The molecular formula is C25H19ClFN3O3. The fourth-order valence-corrected chi connectivity index (χ4v) is 3.70. The second-order valence-electron chi connectivity index (χ2n) is 7.20. The lowest BCUT2D eigenvalue weighted by atomic mass is 10.1. The van der Waals surface area contributed by atoms with Gasteiger partial charge in [-0.2, -0.15) is 0 Å². The van der Waals surface area contributed by atoms with E-state index < -0.39 is 17.6 Å². The third-order valence-electron chi connectivity index (χ3n) is 5.14. The molecular weight excluding hydrogens is 445 g/mol. The van der Waals surface area contributed by atoms with E-state index in [1.54, 1.807) is 29.2 Å². The van der Waals surface area contributed by atoms with Crippen molar-refractivity contribution in [3.8, 4) is 0 Å². The van der Waals surface area contributed by atoms with Crippen LogP contribution in [0.3, 0.4) is 0 Å². The lowest BCUT2D eigenvalue weighted by Crippen LogP contribution is -2.32. The summed E-state index contributed by atoms with van der Waals surface area (Å²) in [4.78, 5) is 40.8. The molecule has 0 bridgehead atoms. The second-order valence-corrected chi connectivity index (χ2v) is 7.58. The number of rotatable bonds is 6. The van der Waals surface area contributed by atoms with Crippen molar-refractivity contribution in [2.45, 2.75) is 6.92 Å². The Hall–Kier alpha value is -3.97. The Kier molecular flexibility index (Phi) is 6.24. The molecule has 0 fully saturated rings. The summed E-state index contributed by atoms with van der Waals surface area (Å²) in [6.45, 7) is 2.39. The summed E-state index contributed by atoms with van der Waals surface area (Å²) in [5, 5.41) is 2.59. The quantitative estimate of drug-likeness (QED) is 0.526. The molecule has 0 saturated carbocycles. The first-order valence-corrected chi connectivity index (χ1v) is 10.6. The molecule has 0 atom stereocenters. The maximum atomic E-state index is 13.2. The second kappa shape index (κ2) is 9.26. The number of amides is 3. The van der Waals surface area contributed by atoms with Crippen LogP contribution in [0, 0.1) is 5.82 Å². The highest BCUT2D eigenvalue weighted by Crippen LogP contribution is 2.30. The third-order valence-corrected chi connectivity index (χ3v) is 5.49. The van der Waals surface area contributed by atoms with Gasteiger partial charge < -0.3 is 10.2 Å². The van der Waals surface area contributed by atoms with Crippen LogP contribution >= 0.6 is 11.6 Å². The van der Waals surface area contributed by atoms with E-state index in [2.05, 4.69) is 5.32 Å². The lowest BCUT2D eigenvalue weighted by molar-refractivity contribution is -0.120. The average Bonchev–Trinajstić information content (AvgIpc) is 3.04. The summed E-state index contributed by atoms with van der Waals surface area (Å²) in [6.07, 6.45) is 0. The highest BCUT2D eigenvalue weighted by molar-refractivity contribution is 6.53. The number of hydrogen-bond acceptors (Lipinski definition) is 4. The summed E-state index contributed by atoms with van der Waals surface area (Å²) in [6, 6.07) is 20.8. The van der Waals surface area contributed by atoms with Gasteiger partial charge in [-0.3, -0.25) is 14.4 Å². The highest BCUT2D eigenvalue weighted by atomic mass is 35.5. The molecule has 0 aromatic heterocycles. The van der Waals surface area contributed by atoms with Gasteiger partial charge in [-0.25, -0.2) is 9.29 Å². The largest absolute Gasteiger partial charge is 0.350 e. The first kappa shape index (κ1) is 22.2. The van der Waals surface area contributed by atoms with Crippen LogP contribution in [0.15, 0.2) is 89.6 Å². The Morgan fingerprint density at radius 1 is 0.939 bits per heavy atom. The van der Waals surface area contributed by atoms with E-state index in [0.29, 0.717) is 17.8 Å². The molecule has 1 N–H and O–H groups in total. The minimum atomic E-state index is -0.705. The molecule has 3 aromatic carbocycles. The Labute approximate surface area is 194 Å². The van der Waals surface area contributed by atoms with Crippen molar-refractivity contribution in [3.63, 3.8) is 0 Å². The number of carbonyl (C=O) groups excluding carboxylic acids is 3. The smallest absolute Gasteiger partial charge is 0.283 e. The highest BCUT2D eigenvalue weighted by Gasteiger charge is 2.39. The summed E-state index contributed by atoms with van der Waals surface area (Å²) in [5.41, 5.74) is 1.85. The van der Waals surface area contributed by atoms with E-state index in [9.17, 15) is 18.8 Å². The molecule has 1 aliphatic heterocycles. The Morgan fingerprint density at radius 3 is 2.18 bits per heavy atom. The van der Waals surface area contributed by atoms with E-state index >= 15 is 0 Å². The zero-order valence-electron chi connectivity index (χ0n) is 17.6. The number of nitrogens with zero attached hydrogens (tertiary/aromatic N) is 2. The van der Waals surface area contributed by atoms with Gasteiger partial charge >= 0.3 is 0 Å². The predicted octanol–water partition coefficient (Wildman–Crippen LogP) is 4.93. The number of benzene rings is 3. The zero-order chi connectivity index (χ0) is 23.5. The van der Waals surface area contributed by atoms with Crippen molar-refractivity contribution < 1.29 is 18.8 Å². The Bertz CT molecular complexity index is 1240. The molecule has 166 valence electrons. The summed E-state index contributed by atoms with van der Waals surface area (Å²) < 4.78 is 13.2. The van der Waals surface area contributed by atoms with Crippen LogP contribution in [0.4, 0.5) is 21.5 Å². The topological polar surface area (TPSA) is 69.7 Å². The fourth-order valence-electron chi connectivity index (χ4n) is 3.48.